The second-order valence-electron chi connectivity index (χ2n) is 5.54. The molecule has 1 aliphatic heterocycles. The van der Waals surface area contributed by atoms with Crippen molar-refractivity contribution in [2.45, 2.75) is 25.4 Å². The summed E-state index contributed by atoms with van der Waals surface area (Å²) in [6, 6.07) is 4.28. The highest BCUT2D eigenvalue weighted by molar-refractivity contribution is 5.88. The minimum Gasteiger partial charge on any atom is -0.480 e. The molecule has 1 aromatic rings. The molecule has 134 valence electrons. The van der Waals surface area contributed by atoms with E-state index in [1.54, 1.807) is 0 Å². The molecule has 3 amide bonds. The monoisotopic (exact) mass is 350 g/mol. The van der Waals surface area contributed by atoms with Crippen LogP contribution in [0, 0.1) is 10.1 Å². The Morgan fingerprint density at radius 2 is 1.92 bits per heavy atom. The molecule has 10 heteroatoms. The summed E-state index contributed by atoms with van der Waals surface area (Å²) in [7, 11) is 0. The molecule has 25 heavy (non-hydrogen) atoms. The van der Waals surface area contributed by atoms with Crippen LogP contribution in [0.25, 0.3) is 0 Å². The first-order valence-electron chi connectivity index (χ1n) is 7.66. The summed E-state index contributed by atoms with van der Waals surface area (Å²) >= 11 is 0. The number of nitrogens with zero attached hydrogens (tertiary/aromatic N) is 2. The second kappa shape index (κ2) is 8.08. The fourth-order valence-corrected chi connectivity index (χ4v) is 2.56. The highest BCUT2D eigenvalue weighted by atomic mass is 16.6. The molecule has 1 atom stereocenters. The first-order valence-corrected chi connectivity index (χ1v) is 7.66. The van der Waals surface area contributed by atoms with Crippen LogP contribution in [0.4, 0.5) is 10.5 Å². The van der Waals surface area contributed by atoms with Gasteiger partial charge in [-0.15, -0.1) is 0 Å². The van der Waals surface area contributed by atoms with E-state index in [-0.39, 0.29) is 18.8 Å². The number of nitro groups is 1. The number of amides is 3. The van der Waals surface area contributed by atoms with Crippen LogP contribution >= 0.6 is 0 Å². The molecule has 1 heterocycles. The van der Waals surface area contributed by atoms with E-state index < -0.39 is 28.9 Å². The van der Waals surface area contributed by atoms with E-state index in [0.717, 1.165) is 0 Å². The molecule has 1 aromatic carbocycles. The number of likely N-dealkylation sites (tertiary alicyclic amines) is 1. The van der Waals surface area contributed by atoms with Gasteiger partial charge in [-0.25, -0.2) is 9.59 Å². The molecule has 1 unspecified atom stereocenters. The van der Waals surface area contributed by atoms with Crippen molar-refractivity contribution in [3.05, 3.63) is 39.9 Å². The normalized spacial score (nSPS) is 16.3. The molecule has 0 aromatic heterocycles. The molecule has 3 N–H and O–H groups in total. The van der Waals surface area contributed by atoms with Crippen LogP contribution in [0.15, 0.2) is 24.3 Å². The van der Waals surface area contributed by atoms with Crippen LogP contribution in [0.2, 0.25) is 0 Å². The molecule has 1 saturated heterocycles. The lowest BCUT2D eigenvalue weighted by molar-refractivity contribution is -0.384. The second-order valence-corrected chi connectivity index (χ2v) is 5.54. The Kier molecular flexibility index (Phi) is 5.88. The summed E-state index contributed by atoms with van der Waals surface area (Å²) < 4.78 is 0. The van der Waals surface area contributed by atoms with Gasteiger partial charge in [0.15, 0.2) is 0 Å². The van der Waals surface area contributed by atoms with E-state index in [0.29, 0.717) is 24.9 Å². The maximum atomic E-state index is 12.0. The molecule has 0 aliphatic carbocycles. The Morgan fingerprint density at radius 1 is 1.24 bits per heavy atom. The van der Waals surface area contributed by atoms with Gasteiger partial charge in [-0.05, 0) is 18.4 Å². The maximum Gasteiger partial charge on any atom is 0.326 e. The number of rotatable bonds is 6. The molecule has 0 radical (unpaired) electrons. The topological polar surface area (TPSA) is 142 Å². The Morgan fingerprint density at radius 3 is 2.52 bits per heavy atom. The summed E-state index contributed by atoms with van der Waals surface area (Å²) in [5, 5.41) is 24.5. The van der Waals surface area contributed by atoms with Gasteiger partial charge in [0, 0.05) is 25.2 Å². The van der Waals surface area contributed by atoms with Crippen LogP contribution in [0.5, 0.6) is 0 Å². The zero-order chi connectivity index (χ0) is 18.4. The molecular weight excluding hydrogens is 332 g/mol. The molecule has 0 spiro atoms. The number of carbonyl (C=O) groups is 3. The first-order chi connectivity index (χ1) is 11.9. The number of carboxylic acids is 1. The van der Waals surface area contributed by atoms with Gasteiger partial charge >= 0.3 is 12.0 Å². The summed E-state index contributed by atoms with van der Waals surface area (Å²) in [6.45, 7) is 0.206. The van der Waals surface area contributed by atoms with Crippen LogP contribution in [-0.2, 0) is 16.1 Å². The van der Waals surface area contributed by atoms with Crippen LogP contribution in [-0.4, -0.2) is 52.0 Å². The molecule has 2 rings (SSSR count). The standard InChI is InChI=1S/C15H18N4O6/c20-13(18-7-1-2-12(18)14(21)22)9-17-15(23)16-8-10-3-5-11(6-4-10)19(24)25/h3-6,12H,1-2,7-9H2,(H,21,22)(H2,16,17,23). The number of benzene rings is 1. The molecule has 1 aliphatic rings. The Hall–Kier alpha value is -3.17. The molecule has 10 nitrogen and oxygen atoms in total. The fourth-order valence-electron chi connectivity index (χ4n) is 2.56. The minimum atomic E-state index is -1.05. The Bertz CT molecular complexity index is 675. The van der Waals surface area contributed by atoms with Crippen molar-refractivity contribution in [3.8, 4) is 0 Å². The zero-order valence-corrected chi connectivity index (χ0v) is 13.3. The van der Waals surface area contributed by atoms with Gasteiger partial charge in [0.2, 0.25) is 5.91 Å². The van der Waals surface area contributed by atoms with E-state index in [1.165, 1.54) is 29.2 Å². The lowest BCUT2D eigenvalue weighted by Crippen LogP contribution is -2.47. The van der Waals surface area contributed by atoms with Gasteiger partial charge in [-0.1, -0.05) is 12.1 Å². The minimum absolute atomic E-state index is 0.0441. The summed E-state index contributed by atoms with van der Waals surface area (Å²) in [5.41, 5.74) is 0.620. The third kappa shape index (κ3) is 4.90. The van der Waals surface area contributed by atoms with E-state index in [1.807, 2.05) is 0 Å². The molecular formula is C15H18N4O6. The lowest BCUT2D eigenvalue weighted by Gasteiger charge is -2.21. The van der Waals surface area contributed by atoms with Crippen molar-refractivity contribution in [1.29, 1.82) is 0 Å². The zero-order valence-electron chi connectivity index (χ0n) is 13.3. The number of nitro benzene ring substituents is 1. The van der Waals surface area contributed by atoms with Crippen molar-refractivity contribution in [1.82, 2.24) is 15.5 Å². The van der Waals surface area contributed by atoms with Gasteiger partial charge in [-0.2, -0.15) is 0 Å². The number of aliphatic carboxylic acids is 1. The summed E-state index contributed by atoms with van der Waals surface area (Å²) in [6.07, 6.45) is 1.03. The number of carbonyl (C=O) groups excluding carboxylic acids is 2. The van der Waals surface area contributed by atoms with E-state index in [4.69, 9.17) is 5.11 Å². The van der Waals surface area contributed by atoms with Crippen LogP contribution in [0.3, 0.4) is 0 Å². The quantitative estimate of drug-likeness (QED) is 0.503. The SMILES string of the molecule is O=C(NCC(=O)N1CCCC1C(=O)O)NCc1ccc([N+](=O)[O-])cc1. The number of carboxylic acid groups (broad SMARTS) is 1. The number of nitrogens with one attached hydrogen (secondary N) is 2. The number of non-ortho nitro benzene ring substituents is 1. The first kappa shape index (κ1) is 18.2. The summed E-state index contributed by atoms with van der Waals surface area (Å²) in [4.78, 5) is 46.0. The predicted molar refractivity (Wildman–Crippen MR) is 85.7 cm³/mol. The van der Waals surface area contributed by atoms with E-state index >= 15 is 0 Å². The smallest absolute Gasteiger partial charge is 0.326 e. The van der Waals surface area contributed by atoms with Gasteiger partial charge in [0.1, 0.15) is 6.04 Å². The Balaban J connectivity index is 1.76. The van der Waals surface area contributed by atoms with E-state index in [2.05, 4.69) is 10.6 Å². The molecule has 0 bridgehead atoms. The predicted octanol–water partition coefficient (Wildman–Crippen LogP) is 0.470. The van der Waals surface area contributed by atoms with Crippen LogP contribution in [0.1, 0.15) is 18.4 Å². The van der Waals surface area contributed by atoms with Crippen molar-refractivity contribution in [3.63, 3.8) is 0 Å². The van der Waals surface area contributed by atoms with Crippen molar-refractivity contribution in [2.24, 2.45) is 0 Å². The number of urea groups is 1. The van der Waals surface area contributed by atoms with Gasteiger partial charge in [0.25, 0.3) is 5.69 Å². The van der Waals surface area contributed by atoms with Gasteiger partial charge < -0.3 is 20.6 Å². The van der Waals surface area contributed by atoms with Crippen molar-refractivity contribution in [2.75, 3.05) is 13.1 Å². The van der Waals surface area contributed by atoms with Crippen molar-refractivity contribution >= 4 is 23.6 Å². The lowest BCUT2D eigenvalue weighted by atomic mass is 10.2. The average Bonchev–Trinajstić information content (AvgIpc) is 3.08. The average molecular weight is 350 g/mol. The van der Waals surface area contributed by atoms with Crippen molar-refractivity contribution < 1.29 is 24.4 Å². The number of hydrogen-bond donors (Lipinski definition) is 3. The van der Waals surface area contributed by atoms with E-state index in [9.17, 15) is 24.5 Å². The molecule has 1 fully saturated rings. The van der Waals surface area contributed by atoms with Gasteiger partial charge in [-0.3, -0.25) is 14.9 Å². The highest BCUT2D eigenvalue weighted by Crippen LogP contribution is 2.17. The largest absolute Gasteiger partial charge is 0.480 e. The third-order valence-corrected chi connectivity index (χ3v) is 3.86. The fraction of sp³-hybridized carbons (Fsp3) is 0.400. The maximum absolute atomic E-state index is 12.0. The summed E-state index contributed by atoms with van der Waals surface area (Å²) in [5.74, 6) is -1.50. The van der Waals surface area contributed by atoms with Crippen LogP contribution < -0.4 is 10.6 Å². The van der Waals surface area contributed by atoms with Gasteiger partial charge in [0.05, 0.1) is 11.5 Å². The Labute approximate surface area is 143 Å². The highest BCUT2D eigenvalue weighted by Gasteiger charge is 2.33. The molecule has 0 saturated carbocycles. The number of hydrogen-bond acceptors (Lipinski definition) is 5. The third-order valence-electron chi connectivity index (χ3n) is 3.86.